The lowest BCUT2D eigenvalue weighted by molar-refractivity contribution is -0.166. The van der Waals surface area contributed by atoms with Gasteiger partial charge in [-0.15, -0.1) is 0 Å². The standard InChI is InChI=1S/C37H38ClFN2O6/c1-22(42)45-33-18-26(34-35(33)47-37(2,3)46-34)11-6-25-16-31(39)29-19-30(38)36(40-32(29)17-25)41(20-23-7-12-27(43-4)13-8-23)21-24-9-14-28(44-5)15-10-24/h7-10,12-19,33-35H,6,11,20-21H2,1-5H3. The van der Waals surface area contributed by atoms with Crippen LogP contribution >= 0.6 is 11.6 Å². The molecule has 3 aromatic carbocycles. The van der Waals surface area contributed by atoms with Crippen molar-refractivity contribution in [3.8, 4) is 11.5 Å². The summed E-state index contributed by atoms with van der Waals surface area (Å²) in [4.78, 5) is 18.8. The first kappa shape index (κ1) is 32.7. The molecule has 4 aromatic rings. The molecule has 2 heterocycles. The van der Waals surface area contributed by atoms with Gasteiger partial charge in [0, 0.05) is 25.4 Å². The van der Waals surface area contributed by atoms with Crippen molar-refractivity contribution >= 4 is 34.3 Å². The van der Waals surface area contributed by atoms with Gasteiger partial charge in [-0.3, -0.25) is 4.79 Å². The molecule has 1 aliphatic heterocycles. The summed E-state index contributed by atoms with van der Waals surface area (Å²) in [5.41, 5.74) is 4.32. The van der Waals surface area contributed by atoms with Crippen LogP contribution < -0.4 is 14.4 Å². The van der Waals surface area contributed by atoms with Crippen molar-refractivity contribution in [2.45, 2.75) is 70.8 Å². The normalized spacial score (nSPS) is 19.7. The van der Waals surface area contributed by atoms with E-state index in [2.05, 4.69) is 4.90 Å². The van der Waals surface area contributed by atoms with Gasteiger partial charge in [0.15, 0.2) is 5.79 Å². The predicted octanol–water partition coefficient (Wildman–Crippen LogP) is 7.58. The largest absolute Gasteiger partial charge is 0.497 e. The van der Waals surface area contributed by atoms with Gasteiger partial charge in [0.2, 0.25) is 0 Å². The number of methoxy groups -OCH3 is 2. The maximum absolute atomic E-state index is 15.6. The molecule has 47 heavy (non-hydrogen) atoms. The van der Waals surface area contributed by atoms with Crippen LogP contribution in [0, 0.1) is 5.82 Å². The molecule has 0 amide bonds. The number of anilines is 1. The number of hydrogen-bond donors (Lipinski definition) is 0. The second-order valence-corrected chi connectivity index (χ2v) is 12.7. The second-order valence-electron chi connectivity index (χ2n) is 12.3. The van der Waals surface area contributed by atoms with Crippen molar-refractivity contribution in [1.29, 1.82) is 0 Å². The zero-order chi connectivity index (χ0) is 33.3. The van der Waals surface area contributed by atoms with Crippen molar-refractivity contribution in [2.75, 3.05) is 19.1 Å². The molecule has 0 spiro atoms. The van der Waals surface area contributed by atoms with Gasteiger partial charge in [-0.2, -0.15) is 0 Å². The van der Waals surface area contributed by atoms with Crippen molar-refractivity contribution in [1.82, 2.24) is 4.98 Å². The fraction of sp³-hybridized carbons (Fsp3) is 0.351. The van der Waals surface area contributed by atoms with E-state index in [-0.39, 0.29) is 12.1 Å². The molecule has 3 atom stereocenters. The number of fused-ring (bicyclic) bond motifs is 2. The molecular formula is C37H38ClFN2O6. The molecule has 6 rings (SSSR count). The Balaban J connectivity index is 1.29. The van der Waals surface area contributed by atoms with Crippen molar-refractivity contribution in [3.05, 3.63) is 106 Å². The Bertz CT molecular complexity index is 1740. The van der Waals surface area contributed by atoms with E-state index in [0.29, 0.717) is 47.7 Å². The Kier molecular flexibility index (Phi) is 9.41. The van der Waals surface area contributed by atoms with Crippen molar-refractivity contribution < 1.29 is 32.9 Å². The molecule has 0 radical (unpaired) electrons. The second kappa shape index (κ2) is 13.5. The van der Waals surface area contributed by atoms with Crippen LogP contribution in [0.1, 0.15) is 43.9 Å². The molecule has 1 aromatic heterocycles. The Hall–Kier alpha value is -4.18. The SMILES string of the molecule is COc1ccc(CN(Cc2ccc(OC)cc2)c2nc3cc(CCC4=CC(OC(C)=O)C5OC(C)(C)OC45)cc(F)c3cc2Cl)cc1. The van der Waals surface area contributed by atoms with Crippen LogP contribution in [-0.4, -0.2) is 49.3 Å². The van der Waals surface area contributed by atoms with Gasteiger partial charge in [0.1, 0.15) is 41.4 Å². The van der Waals surface area contributed by atoms with Gasteiger partial charge in [-0.1, -0.05) is 35.9 Å². The highest BCUT2D eigenvalue weighted by Gasteiger charge is 2.51. The third-order valence-electron chi connectivity index (χ3n) is 8.44. The highest BCUT2D eigenvalue weighted by Crippen LogP contribution is 2.41. The van der Waals surface area contributed by atoms with Crippen LogP contribution in [0.5, 0.6) is 11.5 Å². The van der Waals surface area contributed by atoms with E-state index in [1.165, 1.54) is 13.0 Å². The highest BCUT2D eigenvalue weighted by molar-refractivity contribution is 6.33. The third kappa shape index (κ3) is 7.38. The highest BCUT2D eigenvalue weighted by atomic mass is 35.5. The van der Waals surface area contributed by atoms with Crippen LogP contribution in [0.4, 0.5) is 10.2 Å². The lowest BCUT2D eigenvalue weighted by atomic mass is 10.0. The molecule has 10 heteroatoms. The molecule has 0 saturated carbocycles. The summed E-state index contributed by atoms with van der Waals surface area (Å²) in [5, 5.41) is 0.700. The van der Waals surface area contributed by atoms with Crippen LogP contribution in [0.3, 0.4) is 0 Å². The van der Waals surface area contributed by atoms with E-state index in [4.69, 9.17) is 40.3 Å². The van der Waals surface area contributed by atoms with E-state index >= 15 is 4.39 Å². The molecule has 1 fully saturated rings. The number of aromatic nitrogens is 1. The van der Waals surface area contributed by atoms with Gasteiger partial charge in [0.25, 0.3) is 0 Å². The number of benzene rings is 3. The molecule has 1 saturated heterocycles. The number of pyridine rings is 1. The summed E-state index contributed by atoms with van der Waals surface area (Å²) in [6.07, 6.45) is 1.72. The Morgan fingerprint density at radius 2 is 1.53 bits per heavy atom. The number of carbonyl (C=O) groups is 1. The van der Waals surface area contributed by atoms with Gasteiger partial charge in [-0.25, -0.2) is 9.37 Å². The third-order valence-corrected chi connectivity index (χ3v) is 8.72. The number of carbonyl (C=O) groups excluding carboxylic acids is 1. The number of hydrogen-bond acceptors (Lipinski definition) is 8. The summed E-state index contributed by atoms with van der Waals surface area (Å²) in [6.45, 7) is 6.08. The molecule has 246 valence electrons. The number of esters is 1. The van der Waals surface area contributed by atoms with Crippen molar-refractivity contribution in [3.63, 3.8) is 0 Å². The number of rotatable bonds is 11. The van der Waals surface area contributed by atoms with Crippen LogP contribution in [-0.2, 0) is 38.5 Å². The molecule has 3 unspecified atom stereocenters. The Morgan fingerprint density at radius 3 is 2.11 bits per heavy atom. The summed E-state index contributed by atoms with van der Waals surface area (Å²) in [6, 6.07) is 20.7. The zero-order valence-corrected chi connectivity index (χ0v) is 27.8. The van der Waals surface area contributed by atoms with Crippen molar-refractivity contribution in [2.24, 2.45) is 0 Å². The molecule has 8 nitrogen and oxygen atoms in total. The smallest absolute Gasteiger partial charge is 0.303 e. The van der Waals surface area contributed by atoms with E-state index in [1.54, 1.807) is 20.3 Å². The molecule has 1 aliphatic carbocycles. The first-order chi connectivity index (χ1) is 22.5. The monoisotopic (exact) mass is 660 g/mol. The average molecular weight is 661 g/mol. The van der Waals surface area contributed by atoms with E-state index in [1.807, 2.05) is 74.5 Å². The zero-order valence-electron chi connectivity index (χ0n) is 27.1. The van der Waals surface area contributed by atoms with Gasteiger partial charge in [0.05, 0.1) is 24.8 Å². The van der Waals surface area contributed by atoms with Gasteiger partial charge in [-0.05, 0) is 97.5 Å². The lowest BCUT2D eigenvalue weighted by Crippen LogP contribution is -2.32. The fourth-order valence-electron chi connectivity index (χ4n) is 6.25. The first-order valence-electron chi connectivity index (χ1n) is 15.5. The maximum Gasteiger partial charge on any atom is 0.303 e. The Labute approximate surface area is 279 Å². The van der Waals surface area contributed by atoms with E-state index in [0.717, 1.165) is 33.8 Å². The molecule has 0 bridgehead atoms. The van der Waals surface area contributed by atoms with Gasteiger partial charge >= 0.3 is 5.97 Å². The summed E-state index contributed by atoms with van der Waals surface area (Å²) in [5.74, 6) is 0.499. The fourth-order valence-corrected chi connectivity index (χ4v) is 6.52. The Morgan fingerprint density at radius 1 is 0.915 bits per heavy atom. The minimum atomic E-state index is -0.800. The number of nitrogens with zero attached hydrogens (tertiary/aromatic N) is 2. The van der Waals surface area contributed by atoms with E-state index in [9.17, 15) is 4.79 Å². The topological polar surface area (TPSA) is 79.4 Å². The summed E-state index contributed by atoms with van der Waals surface area (Å²) >= 11 is 6.83. The van der Waals surface area contributed by atoms with E-state index < -0.39 is 23.8 Å². The molecule has 0 N–H and O–H groups in total. The first-order valence-corrected chi connectivity index (χ1v) is 15.9. The quantitative estimate of drug-likeness (QED) is 0.120. The summed E-state index contributed by atoms with van der Waals surface area (Å²) < 4.78 is 44.0. The average Bonchev–Trinajstić information content (AvgIpc) is 3.52. The summed E-state index contributed by atoms with van der Waals surface area (Å²) in [7, 11) is 3.27. The predicted molar refractivity (Wildman–Crippen MR) is 178 cm³/mol. The van der Waals surface area contributed by atoms with Gasteiger partial charge < -0.3 is 28.6 Å². The number of halogens is 2. The maximum atomic E-state index is 15.6. The molecular weight excluding hydrogens is 623 g/mol. The molecule has 2 aliphatic rings. The minimum Gasteiger partial charge on any atom is -0.497 e. The van der Waals surface area contributed by atoms with Crippen LogP contribution in [0.2, 0.25) is 5.02 Å². The van der Waals surface area contributed by atoms with Crippen LogP contribution in [0.15, 0.2) is 78.4 Å². The number of ether oxygens (including phenoxy) is 5. The minimum absolute atomic E-state index is 0.340. The number of aryl methyl sites for hydroxylation is 1. The lowest BCUT2D eigenvalue weighted by Gasteiger charge is -2.26. The van der Waals surface area contributed by atoms with Crippen LogP contribution in [0.25, 0.3) is 10.9 Å².